The summed E-state index contributed by atoms with van der Waals surface area (Å²) in [6.07, 6.45) is 3.53. The summed E-state index contributed by atoms with van der Waals surface area (Å²) in [6.45, 7) is 2.22. The Balaban J connectivity index is 1.42. The van der Waals surface area contributed by atoms with Gasteiger partial charge in [-0.25, -0.2) is 9.78 Å². The van der Waals surface area contributed by atoms with E-state index in [0.717, 1.165) is 22.0 Å². The molecule has 0 aliphatic rings. The third-order valence-corrected chi connectivity index (χ3v) is 5.80. The van der Waals surface area contributed by atoms with Gasteiger partial charge in [0, 0.05) is 35.6 Å². The van der Waals surface area contributed by atoms with Gasteiger partial charge in [0.25, 0.3) is 11.5 Å². The summed E-state index contributed by atoms with van der Waals surface area (Å²) < 4.78 is 1.53. The fourth-order valence-corrected chi connectivity index (χ4v) is 4.08. The fourth-order valence-electron chi connectivity index (χ4n) is 4.08. The molecule has 164 valence electrons. The van der Waals surface area contributed by atoms with Crippen molar-refractivity contribution in [1.82, 2.24) is 30.3 Å². The van der Waals surface area contributed by atoms with Crippen LogP contribution < -0.4 is 10.9 Å². The normalized spacial score (nSPS) is 12.0. The third kappa shape index (κ3) is 3.94. The molecule has 0 saturated carbocycles. The Hall–Kier alpha value is -4.46. The minimum Gasteiger partial charge on any atom is -0.361 e. The van der Waals surface area contributed by atoms with Crippen LogP contribution in [0.1, 0.15) is 33.1 Å². The number of carbonyl (C=O) groups excluding carboxylic acids is 1. The Bertz CT molecular complexity index is 1460. The first-order chi connectivity index (χ1) is 16.1. The second-order valence-corrected chi connectivity index (χ2v) is 7.80. The Kier molecular flexibility index (Phi) is 5.32. The van der Waals surface area contributed by atoms with Gasteiger partial charge in [-0.05, 0) is 30.2 Å². The summed E-state index contributed by atoms with van der Waals surface area (Å²) in [5.74, 6) is 0.193. The predicted octanol–water partition coefficient (Wildman–Crippen LogP) is 3.31. The fraction of sp³-hybridized carbons (Fsp3) is 0.120. The Morgan fingerprint density at radius 1 is 1.06 bits per heavy atom. The van der Waals surface area contributed by atoms with Gasteiger partial charge in [-0.15, -0.1) is 0 Å². The number of amides is 1. The summed E-state index contributed by atoms with van der Waals surface area (Å²) in [5.41, 5.74) is 4.09. The Morgan fingerprint density at radius 3 is 2.64 bits per heavy atom. The van der Waals surface area contributed by atoms with Crippen LogP contribution in [0.25, 0.3) is 16.7 Å². The number of para-hydroxylation sites is 1. The molecule has 3 aromatic heterocycles. The SMILES string of the molecule is Cc1c(C(=O)NCC(c2ccccc2)c2c[nH]c3ccccc23)cnn1-c1ccc(=O)[nH]n1. The number of hydrogen-bond acceptors (Lipinski definition) is 4. The number of rotatable bonds is 6. The summed E-state index contributed by atoms with van der Waals surface area (Å²) in [5, 5.41) is 14.9. The van der Waals surface area contributed by atoms with Crippen LogP contribution >= 0.6 is 0 Å². The molecule has 0 saturated heterocycles. The average molecular weight is 438 g/mol. The van der Waals surface area contributed by atoms with Crippen LogP contribution in [0, 0.1) is 6.92 Å². The van der Waals surface area contributed by atoms with E-state index >= 15 is 0 Å². The molecule has 0 fully saturated rings. The van der Waals surface area contributed by atoms with E-state index < -0.39 is 0 Å². The topological polar surface area (TPSA) is 108 Å². The van der Waals surface area contributed by atoms with Crippen molar-refractivity contribution in [3.63, 3.8) is 0 Å². The van der Waals surface area contributed by atoms with Gasteiger partial charge in [-0.3, -0.25) is 9.59 Å². The number of fused-ring (bicyclic) bond motifs is 1. The van der Waals surface area contributed by atoms with Crippen molar-refractivity contribution < 1.29 is 4.79 Å². The standard InChI is InChI=1S/C25H22N6O2/c1-16-19(15-28-31(16)23-11-12-24(32)30-29-23)25(33)27-13-20(17-7-3-2-4-8-17)21-14-26-22-10-6-5-9-18(21)22/h2-12,14-15,20,26H,13H2,1H3,(H,27,33)(H,30,32). The molecule has 3 N–H and O–H groups in total. The number of H-pyrrole nitrogens is 2. The molecule has 8 nitrogen and oxygen atoms in total. The molecule has 0 spiro atoms. The molecule has 1 amide bonds. The summed E-state index contributed by atoms with van der Waals surface area (Å²) in [6, 6.07) is 21.2. The van der Waals surface area contributed by atoms with Gasteiger partial charge in [0.15, 0.2) is 5.82 Å². The number of aromatic amines is 2. The van der Waals surface area contributed by atoms with Gasteiger partial charge in [-0.2, -0.15) is 10.2 Å². The van der Waals surface area contributed by atoms with E-state index in [0.29, 0.717) is 23.6 Å². The minimum atomic E-state index is -0.300. The van der Waals surface area contributed by atoms with Crippen LogP contribution in [-0.4, -0.2) is 37.4 Å². The van der Waals surface area contributed by atoms with Gasteiger partial charge in [0.2, 0.25) is 0 Å². The maximum absolute atomic E-state index is 13.1. The lowest BCUT2D eigenvalue weighted by molar-refractivity contribution is 0.0952. The number of hydrogen-bond donors (Lipinski definition) is 3. The maximum atomic E-state index is 13.1. The average Bonchev–Trinajstić information content (AvgIpc) is 3.44. The molecule has 8 heteroatoms. The molecule has 3 heterocycles. The largest absolute Gasteiger partial charge is 0.361 e. The van der Waals surface area contributed by atoms with Gasteiger partial charge in [0.1, 0.15) is 0 Å². The van der Waals surface area contributed by atoms with E-state index in [2.05, 4.69) is 43.8 Å². The second kappa shape index (κ2) is 8.58. The number of aromatic nitrogens is 5. The summed E-state index contributed by atoms with van der Waals surface area (Å²) >= 11 is 0. The van der Waals surface area contributed by atoms with Crippen molar-refractivity contribution in [2.24, 2.45) is 0 Å². The molecule has 5 rings (SSSR count). The molecule has 0 bridgehead atoms. The minimum absolute atomic E-state index is 0.0254. The van der Waals surface area contributed by atoms with Crippen molar-refractivity contribution in [3.8, 4) is 5.82 Å². The van der Waals surface area contributed by atoms with Crippen molar-refractivity contribution >= 4 is 16.8 Å². The van der Waals surface area contributed by atoms with E-state index in [-0.39, 0.29) is 17.4 Å². The highest BCUT2D eigenvalue weighted by atomic mass is 16.1. The van der Waals surface area contributed by atoms with Crippen LogP contribution in [0.5, 0.6) is 0 Å². The summed E-state index contributed by atoms with van der Waals surface area (Å²) in [4.78, 5) is 27.7. The van der Waals surface area contributed by atoms with Crippen LogP contribution in [0.15, 0.2) is 83.9 Å². The van der Waals surface area contributed by atoms with E-state index in [9.17, 15) is 9.59 Å². The molecule has 5 aromatic rings. The Labute approximate surface area is 189 Å². The smallest absolute Gasteiger partial charge is 0.264 e. The molecule has 1 unspecified atom stereocenters. The zero-order valence-corrected chi connectivity index (χ0v) is 17.9. The van der Waals surface area contributed by atoms with Crippen molar-refractivity contribution in [1.29, 1.82) is 0 Å². The van der Waals surface area contributed by atoms with Crippen LogP contribution in [-0.2, 0) is 0 Å². The molecule has 2 aromatic carbocycles. The lowest BCUT2D eigenvalue weighted by atomic mass is 9.91. The van der Waals surface area contributed by atoms with E-state index in [4.69, 9.17) is 0 Å². The number of benzene rings is 2. The van der Waals surface area contributed by atoms with Crippen molar-refractivity contribution in [2.75, 3.05) is 6.54 Å². The zero-order valence-electron chi connectivity index (χ0n) is 17.9. The third-order valence-electron chi connectivity index (χ3n) is 5.80. The maximum Gasteiger partial charge on any atom is 0.264 e. The lowest BCUT2D eigenvalue weighted by Crippen LogP contribution is -2.29. The Morgan fingerprint density at radius 2 is 1.85 bits per heavy atom. The first-order valence-corrected chi connectivity index (χ1v) is 10.6. The number of nitrogens with one attached hydrogen (secondary N) is 3. The lowest BCUT2D eigenvalue weighted by Gasteiger charge is -2.18. The number of nitrogens with zero attached hydrogens (tertiary/aromatic N) is 3. The van der Waals surface area contributed by atoms with Crippen LogP contribution in [0.3, 0.4) is 0 Å². The molecule has 0 aliphatic carbocycles. The quantitative estimate of drug-likeness (QED) is 0.378. The van der Waals surface area contributed by atoms with Gasteiger partial charge < -0.3 is 10.3 Å². The predicted molar refractivity (Wildman–Crippen MR) is 126 cm³/mol. The second-order valence-electron chi connectivity index (χ2n) is 7.80. The number of carbonyl (C=O) groups is 1. The van der Waals surface area contributed by atoms with Gasteiger partial charge in [0.05, 0.1) is 17.5 Å². The van der Waals surface area contributed by atoms with E-state index in [1.807, 2.05) is 42.6 Å². The van der Waals surface area contributed by atoms with Crippen molar-refractivity contribution in [3.05, 3.63) is 112 Å². The first kappa shape index (κ1) is 20.4. The van der Waals surface area contributed by atoms with Crippen molar-refractivity contribution in [2.45, 2.75) is 12.8 Å². The van der Waals surface area contributed by atoms with Crippen LogP contribution in [0.4, 0.5) is 0 Å². The highest BCUT2D eigenvalue weighted by molar-refractivity contribution is 5.95. The van der Waals surface area contributed by atoms with E-state index in [1.54, 1.807) is 13.0 Å². The molecule has 1 atom stereocenters. The highest BCUT2D eigenvalue weighted by Gasteiger charge is 2.21. The monoisotopic (exact) mass is 438 g/mol. The van der Waals surface area contributed by atoms with Gasteiger partial charge >= 0.3 is 0 Å². The van der Waals surface area contributed by atoms with Crippen LogP contribution in [0.2, 0.25) is 0 Å². The van der Waals surface area contributed by atoms with Gasteiger partial charge in [-0.1, -0.05) is 48.5 Å². The first-order valence-electron chi connectivity index (χ1n) is 10.6. The molecule has 0 aliphatic heterocycles. The molecular formula is C25H22N6O2. The molecule has 33 heavy (non-hydrogen) atoms. The molecular weight excluding hydrogens is 416 g/mol. The highest BCUT2D eigenvalue weighted by Crippen LogP contribution is 2.30. The van der Waals surface area contributed by atoms with E-state index in [1.165, 1.54) is 16.9 Å². The zero-order chi connectivity index (χ0) is 22.8. The summed E-state index contributed by atoms with van der Waals surface area (Å²) in [7, 11) is 0. The molecule has 0 radical (unpaired) electrons.